The molecule has 2 aliphatic rings. The smallest absolute Gasteiger partial charge is 0.232 e. The highest BCUT2D eigenvalue weighted by molar-refractivity contribution is 7.98. The lowest BCUT2D eigenvalue weighted by Crippen LogP contribution is -2.38. The average molecular weight is 484 g/mol. The number of aryl methyl sites for hydroxylation is 1. The largest absolute Gasteiger partial charge is 0.378 e. The van der Waals surface area contributed by atoms with Crippen LogP contribution < -0.4 is 16.0 Å². The van der Waals surface area contributed by atoms with E-state index in [9.17, 15) is 0 Å². The molecule has 1 atom stereocenters. The van der Waals surface area contributed by atoms with E-state index in [-0.39, 0.29) is 12.1 Å². The number of nitrogens with two attached hydrogens (primary N) is 1. The summed E-state index contributed by atoms with van der Waals surface area (Å²) in [6.45, 7) is 6.53. The van der Waals surface area contributed by atoms with Crippen LogP contribution in [0.15, 0.2) is 29.4 Å². The number of thioether (sulfide) groups is 1. The van der Waals surface area contributed by atoms with Crippen LogP contribution in [0.5, 0.6) is 0 Å². The van der Waals surface area contributed by atoms with E-state index in [2.05, 4.69) is 39.9 Å². The van der Waals surface area contributed by atoms with Gasteiger partial charge in [-0.15, -0.1) is 10.2 Å². The third-order valence-electron chi connectivity index (χ3n) is 5.82. The molecule has 1 unspecified atom stereocenters. The van der Waals surface area contributed by atoms with Gasteiger partial charge in [0, 0.05) is 25.4 Å². The number of hydrogen-bond donors (Lipinski definition) is 2. The van der Waals surface area contributed by atoms with Crippen molar-refractivity contribution in [2.45, 2.75) is 43.3 Å². The number of hydrogen-bond acceptors (Lipinski definition) is 11. The minimum Gasteiger partial charge on any atom is -0.378 e. The number of nitrogens with zero attached hydrogens (tertiary/aromatic N) is 7. The molecule has 3 N–H and O–H groups in total. The van der Waals surface area contributed by atoms with Crippen molar-refractivity contribution >= 4 is 35.3 Å². The highest BCUT2D eigenvalue weighted by Gasteiger charge is 2.25. The van der Waals surface area contributed by atoms with Gasteiger partial charge in [-0.25, -0.2) is 0 Å². The number of benzene rings is 1. The number of morpholine rings is 1. The lowest BCUT2D eigenvalue weighted by Gasteiger charge is -2.28. The molecular formula is C22H29N9O2S. The van der Waals surface area contributed by atoms with E-state index >= 15 is 0 Å². The fourth-order valence-electron chi connectivity index (χ4n) is 4.06. The van der Waals surface area contributed by atoms with Gasteiger partial charge in [0.1, 0.15) is 5.82 Å². The van der Waals surface area contributed by atoms with Crippen LogP contribution in [-0.2, 0) is 21.8 Å². The summed E-state index contributed by atoms with van der Waals surface area (Å²) in [6.07, 6.45) is 2.30. The maximum Gasteiger partial charge on any atom is 0.232 e. The molecule has 0 bridgehead atoms. The summed E-state index contributed by atoms with van der Waals surface area (Å²) in [5.74, 6) is 2.53. The summed E-state index contributed by atoms with van der Waals surface area (Å²) in [7, 11) is 0. The summed E-state index contributed by atoms with van der Waals surface area (Å²) >= 11 is 1.53. The molecule has 0 amide bonds. The van der Waals surface area contributed by atoms with Gasteiger partial charge in [-0.05, 0) is 31.4 Å². The molecule has 2 aromatic heterocycles. The van der Waals surface area contributed by atoms with E-state index < -0.39 is 0 Å². The molecule has 0 aliphatic carbocycles. The first-order valence-electron chi connectivity index (χ1n) is 11.5. The standard InChI is InChI=1S/C22H29N9O2S/c1-15-5-2-3-7-17(15)24-20-26-18(25-19(23)27-20)14-34-22-29-28-21(30-8-11-32-12-9-30)31(22)13-16-6-4-10-33-16/h2-3,5,7,16H,4,6,8-14H2,1H3,(H3,23,24,25,26,27). The molecule has 0 radical (unpaired) electrons. The third-order valence-corrected chi connectivity index (χ3v) is 6.79. The van der Waals surface area contributed by atoms with Crippen molar-refractivity contribution in [3.63, 3.8) is 0 Å². The van der Waals surface area contributed by atoms with E-state index in [0.29, 0.717) is 30.7 Å². The zero-order valence-corrected chi connectivity index (χ0v) is 20.0. The van der Waals surface area contributed by atoms with Crippen LogP contribution in [0.4, 0.5) is 23.5 Å². The van der Waals surface area contributed by atoms with E-state index in [1.807, 2.05) is 31.2 Å². The first-order chi connectivity index (χ1) is 16.7. The van der Waals surface area contributed by atoms with Crippen LogP contribution in [0.2, 0.25) is 0 Å². The van der Waals surface area contributed by atoms with Gasteiger partial charge in [-0.2, -0.15) is 15.0 Å². The number of ether oxygens (including phenoxy) is 2. The number of para-hydroxylation sites is 1. The molecule has 0 saturated carbocycles. The number of nitrogen functional groups attached to an aromatic ring is 1. The van der Waals surface area contributed by atoms with E-state index in [0.717, 1.165) is 61.4 Å². The van der Waals surface area contributed by atoms with Crippen molar-refractivity contribution in [1.82, 2.24) is 29.7 Å². The van der Waals surface area contributed by atoms with Gasteiger partial charge in [-0.1, -0.05) is 30.0 Å². The molecule has 180 valence electrons. The quantitative estimate of drug-likeness (QED) is 0.458. The van der Waals surface area contributed by atoms with Gasteiger partial charge >= 0.3 is 0 Å². The molecule has 2 aliphatic heterocycles. The Morgan fingerprint density at radius 2 is 1.97 bits per heavy atom. The van der Waals surface area contributed by atoms with Crippen molar-refractivity contribution in [3.8, 4) is 0 Å². The van der Waals surface area contributed by atoms with E-state index in [1.54, 1.807) is 0 Å². The van der Waals surface area contributed by atoms with Crippen LogP contribution in [0.1, 0.15) is 24.2 Å². The molecule has 3 aromatic rings. The van der Waals surface area contributed by atoms with Gasteiger partial charge in [-0.3, -0.25) is 4.57 Å². The summed E-state index contributed by atoms with van der Waals surface area (Å²) in [5.41, 5.74) is 8.00. The molecule has 0 spiro atoms. The molecule has 12 heteroatoms. The molecule has 5 rings (SSSR count). The predicted octanol–water partition coefficient (Wildman–Crippen LogP) is 2.41. The minimum absolute atomic E-state index is 0.174. The second-order valence-corrected chi connectivity index (χ2v) is 9.23. The second-order valence-electron chi connectivity index (χ2n) is 8.29. The van der Waals surface area contributed by atoms with Gasteiger partial charge in [0.2, 0.25) is 17.8 Å². The summed E-state index contributed by atoms with van der Waals surface area (Å²) in [6, 6.07) is 7.95. The first kappa shape index (κ1) is 22.8. The van der Waals surface area contributed by atoms with Crippen molar-refractivity contribution in [2.75, 3.05) is 48.9 Å². The highest BCUT2D eigenvalue weighted by Crippen LogP contribution is 2.28. The topological polar surface area (TPSA) is 129 Å². The fourth-order valence-corrected chi connectivity index (χ4v) is 4.86. The molecule has 2 fully saturated rings. The Balaban J connectivity index is 1.33. The summed E-state index contributed by atoms with van der Waals surface area (Å²) in [5, 5.41) is 13.1. The molecule has 1 aromatic carbocycles. The van der Waals surface area contributed by atoms with Crippen LogP contribution in [0.25, 0.3) is 0 Å². The van der Waals surface area contributed by atoms with Crippen LogP contribution >= 0.6 is 11.8 Å². The Bertz CT molecular complexity index is 1110. The summed E-state index contributed by atoms with van der Waals surface area (Å²) < 4.78 is 13.6. The highest BCUT2D eigenvalue weighted by atomic mass is 32.2. The molecule has 11 nitrogen and oxygen atoms in total. The number of aromatic nitrogens is 6. The third kappa shape index (κ3) is 5.40. The minimum atomic E-state index is 0.174. The maximum atomic E-state index is 5.98. The Labute approximate surface area is 202 Å². The van der Waals surface area contributed by atoms with E-state index in [1.165, 1.54) is 11.8 Å². The van der Waals surface area contributed by atoms with Crippen molar-refractivity contribution in [3.05, 3.63) is 35.7 Å². The number of rotatable bonds is 8. The zero-order valence-electron chi connectivity index (χ0n) is 19.2. The van der Waals surface area contributed by atoms with Crippen molar-refractivity contribution in [1.29, 1.82) is 0 Å². The van der Waals surface area contributed by atoms with Crippen molar-refractivity contribution < 1.29 is 9.47 Å². The van der Waals surface area contributed by atoms with Gasteiger partial charge < -0.3 is 25.4 Å². The number of anilines is 4. The SMILES string of the molecule is Cc1ccccc1Nc1nc(N)nc(CSc2nnc(N3CCOCC3)n2CC2CCCO2)n1. The Morgan fingerprint density at radius 1 is 1.12 bits per heavy atom. The average Bonchev–Trinajstić information content (AvgIpc) is 3.50. The van der Waals surface area contributed by atoms with Crippen LogP contribution in [-0.4, -0.2) is 68.7 Å². The molecule has 4 heterocycles. The Morgan fingerprint density at radius 3 is 2.76 bits per heavy atom. The lowest BCUT2D eigenvalue weighted by molar-refractivity contribution is 0.0942. The Kier molecular flexibility index (Phi) is 7.07. The zero-order chi connectivity index (χ0) is 23.3. The van der Waals surface area contributed by atoms with Crippen LogP contribution in [0.3, 0.4) is 0 Å². The predicted molar refractivity (Wildman–Crippen MR) is 130 cm³/mol. The monoisotopic (exact) mass is 483 g/mol. The molecule has 34 heavy (non-hydrogen) atoms. The van der Waals surface area contributed by atoms with Crippen LogP contribution in [0, 0.1) is 6.92 Å². The summed E-state index contributed by atoms with van der Waals surface area (Å²) in [4.78, 5) is 15.4. The van der Waals surface area contributed by atoms with Gasteiger partial charge in [0.25, 0.3) is 0 Å². The van der Waals surface area contributed by atoms with Gasteiger partial charge in [0.05, 0.1) is 31.6 Å². The molecule has 2 saturated heterocycles. The Hall–Kier alpha value is -2.96. The first-order valence-corrected chi connectivity index (χ1v) is 12.5. The molecular weight excluding hydrogens is 454 g/mol. The lowest BCUT2D eigenvalue weighted by atomic mass is 10.2. The van der Waals surface area contributed by atoms with E-state index in [4.69, 9.17) is 15.2 Å². The maximum absolute atomic E-state index is 5.98. The van der Waals surface area contributed by atoms with Crippen molar-refractivity contribution in [2.24, 2.45) is 0 Å². The second kappa shape index (κ2) is 10.5. The number of nitrogens with one attached hydrogen (secondary N) is 1. The van der Waals surface area contributed by atoms with Gasteiger partial charge in [0.15, 0.2) is 5.16 Å². The fraction of sp³-hybridized carbons (Fsp3) is 0.500. The normalized spacial score (nSPS) is 18.4.